The molecule has 1 aliphatic rings. The van der Waals surface area contributed by atoms with Crippen LogP contribution in [0.5, 0.6) is 0 Å². The molecule has 2 aromatic rings. The number of thioether (sulfide) groups is 1. The zero-order valence-corrected chi connectivity index (χ0v) is 27.3. The number of nitrogens with one attached hydrogen (secondary N) is 2. The third kappa shape index (κ3) is 10.4. The van der Waals surface area contributed by atoms with Gasteiger partial charge in [-0.05, 0) is 62.4 Å². The number of esters is 2. The van der Waals surface area contributed by atoms with Crippen molar-refractivity contribution in [3.63, 3.8) is 0 Å². The quantitative estimate of drug-likeness (QED) is 0.164. The highest BCUT2D eigenvalue weighted by Gasteiger charge is 2.35. The summed E-state index contributed by atoms with van der Waals surface area (Å²) in [5.41, 5.74) is 6.58. The summed E-state index contributed by atoms with van der Waals surface area (Å²) in [5.74, 6) is -4.88. The molecule has 0 saturated carbocycles. The molecule has 2 amide bonds. The van der Waals surface area contributed by atoms with E-state index >= 15 is 0 Å². The van der Waals surface area contributed by atoms with Gasteiger partial charge in [-0.3, -0.25) is 14.4 Å². The molecule has 4 N–H and O–H groups in total. The molecule has 0 unspecified atom stereocenters. The Balaban J connectivity index is 1.49. The first-order chi connectivity index (χ1) is 21.6. The largest absolute Gasteiger partial charge is 0.427 e. The second kappa shape index (κ2) is 16.2. The van der Waals surface area contributed by atoms with E-state index in [1.54, 1.807) is 45.0 Å². The van der Waals surface area contributed by atoms with Gasteiger partial charge in [0.1, 0.15) is 11.9 Å². The highest BCUT2D eigenvalue weighted by atomic mass is 32.2. The minimum absolute atomic E-state index is 0.135. The predicted octanol–water partition coefficient (Wildman–Crippen LogP) is 4.11. The zero-order chi connectivity index (χ0) is 34.2. The molecule has 0 aliphatic carbocycles. The van der Waals surface area contributed by atoms with Gasteiger partial charge >= 0.3 is 11.9 Å². The topological polar surface area (TPSA) is 140 Å². The number of nitrogens with two attached hydrogens (primary N) is 1. The van der Waals surface area contributed by atoms with Crippen LogP contribution < -0.4 is 16.4 Å². The Bertz CT molecular complexity index is 1400. The number of halogens is 3. The summed E-state index contributed by atoms with van der Waals surface area (Å²) < 4.78 is 50.9. The molecule has 1 saturated heterocycles. The van der Waals surface area contributed by atoms with Gasteiger partial charge in [0, 0.05) is 43.1 Å². The predicted molar refractivity (Wildman–Crippen MR) is 168 cm³/mol. The third-order valence-electron chi connectivity index (χ3n) is 7.11. The van der Waals surface area contributed by atoms with E-state index in [1.165, 1.54) is 16.7 Å². The molecule has 46 heavy (non-hydrogen) atoms. The molecule has 0 radical (unpaired) electrons. The Morgan fingerprint density at radius 3 is 2.30 bits per heavy atom. The van der Waals surface area contributed by atoms with Crippen molar-refractivity contribution in [2.45, 2.75) is 71.5 Å². The Labute approximate surface area is 270 Å². The Morgan fingerprint density at radius 1 is 1.02 bits per heavy atom. The Hall–Kier alpha value is -3.78. The van der Waals surface area contributed by atoms with Gasteiger partial charge in [0.2, 0.25) is 12.7 Å². The lowest BCUT2D eigenvalue weighted by Crippen LogP contribution is -2.46. The SMILES string of the molecule is CC(C)[C@@H](Nc1ccc(CNC(=O)[C@@H]2SCCN2C(=O)C[C@H](N)Cc2cc(F)c(F)cc2F)cc1)C(=O)OCOC(=O)C(C)(C)C. The molecule has 0 aromatic heterocycles. The number of amides is 2. The van der Waals surface area contributed by atoms with Crippen LogP contribution in [0.2, 0.25) is 0 Å². The van der Waals surface area contributed by atoms with Crippen molar-refractivity contribution < 1.29 is 41.8 Å². The van der Waals surface area contributed by atoms with Crippen molar-refractivity contribution in [2.24, 2.45) is 17.1 Å². The van der Waals surface area contributed by atoms with Gasteiger partial charge in [0.25, 0.3) is 5.91 Å². The van der Waals surface area contributed by atoms with Crippen LogP contribution in [0, 0.1) is 28.8 Å². The molecule has 14 heteroatoms. The van der Waals surface area contributed by atoms with Crippen LogP contribution in [-0.2, 0) is 41.6 Å². The molecule has 1 aliphatic heterocycles. The normalized spacial score (nSPS) is 16.1. The van der Waals surface area contributed by atoms with Crippen LogP contribution in [0.25, 0.3) is 0 Å². The lowest BCUT2D eigenvalue weighted by molar-refractivity contribution is -0.174. The number of carbonyl (C=O) groups excluding carboxylic acids is 4. The van der Waals surface area contributed by atoms with E-state index in [1.807, 2.05) is 13.8 Å². The van der Waals surface area contributed by atoms with Crippen LogP contribution in [0.3, 0.4) is 0 Å². The summed E-state index contributed by atoms with van der Waals surface area (Å²) in [5, 5.41) is 5.18. The number of nitrogens with zero attached hydrogens (tertiary/aromatic N) is 1. The number of benzene rings is 2. The Kier molecular flexibility index (Phi) is 12.9. The fourth-order valence-electron chi connectivity index (χ4n) is 4.48. The molecular weight excluding hydrogens is 625 g/mol. The smallest absolute Gasteiger partial charge is 0.331 e. The second-order valence-electron chi connectivity index (χ2n) is 12.4. The molecule has 10 nitrogen and oxygen atoms in total. The van der Waals surface area contributed by atoms with Crippen LogP contribution in [0.1, 0.15) is 52.2 Å². The van der Waals surface area contributed by atoms with Crippen molar-refractivity contribution in [3.8, 4) is 0 Å². The summed E-state index contributed by atoms with van der Waals surface area (Å²) in [6, 6.07) is 6.65. The van der Waals surface area contributed by atoms with Crippen molar-refractivity contribution in [3.05, 3.63) is 65.0 Å². The van der Waals surface area contributed by atoms with Gasteiger partial charge in [-0.15, -0.1) is 11.8 Å². The van der Waals surface area contributed by atoms with E-state index in [0.717, 1.165) is 11.6 Å². The molecule has 252 valence electrons. The van der Waals surface area contributed by atoms with Crippen molar-refractivity contribution >= 4 is 41.2 Å². The van der Waals surface area contributed by atoms with E-state index in [0.29, 0.717) is 24.1 Å². The van der Waals surface area contributed by atoms with E-state index in [4.69, 9.17) is 15.2 Å². The molecule has 2 aromatic carbocycles. The fraction of sp³-hybridized carbons (Fsp3) is 0.500. The number of rotatable bonds is 13. The first kappa shape index (κ1) is 36.7. The van der Waals surface area contributed by atoms with Gasteiger partial charge in [-0.2, -0.15) is 0 Å². The van der Waals surface area contributed by atoms with E-state index in [-0.39, 0.29) is 36.8 Å². The average molecular weight is 667 g/mol. The number of anilines is 1. The highest BCUT2D eigenvalue weighted by molar-refractivity contribution is 8.00. The maximum atomic E-state index is 14.0. The van der Waals surface area contributed by atoms with Gasteiger partial charge in [0.05, 0.1) is 5.41 Å². The molecule has 0 spiro atoms. The average Bonchev–Trinajstić information content (AvgIpc) is 3.48. The molecule has 3 rings (SSSR count). The summed E-state index contributed by atoms with van der Waals surface area (Å²) in [6.45, 7) is 8.81. The van der Waals surface area contributed by atoms with E-state index in [2.05, 4.69) is 10.6 Å². The highest BCUT2D eigenvalue weighted by Crippen LogP contribution is 2.26. The van der Waals surface area contributed by atoms with Crippen LogP contribution in [-0.4, -0.2) is 65.2 Å². The van der Waals surface area contributed by atoms with Gasteiger partial charge < -0.3 is 30.7 Å². The van der Waals surface area contributed by atoms with Crippen molar-refractivity contribution in [1.82, 2.24) is 10.2 Å². The monoisotopic (exact) mass is 666 g/mol. The summed E-state index contributed by atoms with van der Waals surface area (Å²) in [4.78, 5) is 51.9. The van der Waals surface area contributed by atoms with Crippen molar-refractivity contribution in [1.29, 1.82) is 0 Å². The molecule has 3 atom stereocenters. The van der Waals surface area contributed by atoms with Gasteiger partial charge in [-0.1, -0.05) is 26.0 Å². The maximum absolute atomic E-state index is 14.0. The molecule has 1 heterocycles. The molecule has 0 bridgehead atoms. The first-order valence-electron chi connectivity index (χ1n) is 14.8. The minimum atomic E-state index is -1.31. The summed E-state index contributed by atoms with van der Waals surface area (Å²) >= 11 is 1.30. The second-order valence-corrected chi connectivity index (χ2v) is 13.6. The van der Waals surface area contributed by atoms with Crippen LogP contribution in [0.15, 0.2) is 36.4 Å². The van der Waals surface area contributed by atoms with Crippen LogP contribution >= 0.6 is 11.8 Å². The maximum Gasteiger partial charge on any atom is 0.331 e. The third-order valence-corrected chi connectivity index (χ3v) is 8.31. The lowest BCUT2D eigenvalue weighted by Gasteiger charge is -2.24. The fourth-order valence-corrected chi connectivity index (χ4v) is 5.64. The first-order valence-corrected chi connectivity index (χ1v) is 15.9. The summed E-state index contributed by atoms with van der Waals surface area (Å²) in [6.07, 6.45) is -0.381. The van der Waals surface area contributed by atoms with Crippen molar-refractivity contribution in [2.75, 3.05) is 24.4 Å². The van der Waals surface area contributed by atoms with Gasteiger partial charge in [0.15, 0.2) is 17.0 Å². The minimum Gasteiger partial charge on any atom is -0.427 e. The Morgan fingerprint density at radius 2 is 1.67 bits per heavy atom. The van der Waals surface area contributed by atoms with Gasteiger partial charge in [-0.25, -0.2) is 18.0 Å². The number of hydrogen-bond acceptors (Lipinski definition) is 9. The standard InChI is InChI=1S/C32H41F3N4O6S/c1-18(2)27(30(42)44-17-45-31(43)32(3,4)5)38-22-8-6-19(7-9-22)16-37-28(41)29-39(10-11-46-29)26(40)14-21(36)12-20-13-24(34)25(35)15-23(20)33/h6-9,13,15,18,21,27,29,38H,10-12,14,16-17,36H2,1-5H3,(H,37,41)/t21-,27-,29+/m1/s1. The molecular formula is C32H41F3N4O6S. The summed E-state index contributed by atoms with van der Waals surface area (Å²) in [7, 11) is 0. The number of ether oxygens (including phenoxy) is 2. The number of carbonyl (C=O) groups is 4. The van der Waals surface area contributed by atoms with Crippen LogP contribution in [0.4, 0.5) is 18.9 Å². The zero-order valence-electron chi connectivity index (χ0n) is 26.5. The number of hydrogen-bond donors (Lipinski definition) is 3. The molecule has 1 fully saturated rings. The van der Waals surface area contributed by atoms with E-state index in [9.17, 15) is 32.3 Å². The lowest BCUT2D eigenvalue weighted by atomic mass is 9.98. The van der Waals surface area contributed by atoms with E-state index < -0.39 is 65.0 Å².